The molecule has 3 nitrogen and oxygen atoms in total. The Kier molecular flexibility index (Phi) is 3.69. The van der Waals surface area contributed by atoms with E-state index in [2.05, 4.69) is 17.2 Å². The highest BCUT2D eigenvalue weighted by molar-refractivity contribution is 5.94. The van der Waals surface area contributed by atoms with Gasteiger partial charge in [-0.1, -0.05) is 24.1 Å². The monoisotopic (exact) mass is 243 g/mol. The van der Waals surface area contributed by atoms with E-state index in [4.69, 9.17) is 0 Å². The number of aliphatic hydroxyl groups is 1. The van der Waals surface area contributed by atoms with Crippen molar-refractivity contribution in [2.24, 2.45) is 5.92 Å². The Morgan fingerprint density at radius 2 is 2.11 bits per heavy atom. The molecule has 0 bridgehead atoms. The molecule has 3 heteroatoms. The quantitative estimate of drug-likeness (QED) is 0.787. The summed E-state index contributed by atoms with van der Waals surface area (Å²) >= 11 is 0. The maximum absolute atomic E-state index is 11.5. The smallest absolute Gasteiger partial charge is 0.296 e. The van der Waals surface area contributed by atoms with Crippen molar-refractivity contribution in [1.29, 1.82) is 0 Å². The van der Waals surface area contributed by atoms with Crippen molar-refractivity contribution >= 4 is 5.91 Å². The highest BCUT2D eigenvalue weighted by atomic mass is 16.3. The molecule has 1 aromatic carbocycles. The van der Waals surface area contributed by atoms with Crippen LogP contribution in [0.15, 0.2) is 30.3 Å². The van der Waals surface area contributed by atoms with E-state index < -0.39 is 5.60 Å². The lowest BCUT2D eigenvalue weighted by atomic mass is 10.0. The van der Waals surface area contributed by atoms with Gasteiger partial charge in [-0.25, -0.2) is 0 Å². The molecule has 1 saturated carbocycles. The topological polar surface area (TPSA) is 49.3 Å². The largest absolute Gasteiger partial charge is 0.388 e. The summed E-state index contributed by atoms with van der Waals surface area (Å²) in [7, 11) is 0. The SMILES string of the molecule is CC(O)(CNC(=O)C#Cc1ccccc1)C1CC1. The molecule has 0 radical (unpaired) electrons. The Bertz CT molecular complexity index is 478. The second-order valence-corrected chi connectivity index (χ2v) is 4.93. The first kappa shape index (κ1) is 12.7. The first-order valence-corrected chi connectivity index (χ1v) is 6.15. The molecular formula is C15H17NO2. The predicted molar refractivity (Wildman–Crippen MR) is 69.7 cm³/mol. The maximum atomic E-state index is 11.5. The van der Waals surface area contributed by atoms with E-state index in [0.29, 0.717) is 5.92 Å². The van der Waals surface area contributed by atoms with Crippen LogP contribution in [-0.4, -0.2) is 23.2 Å². The minimum atomic E-state index is -0.802. The lowest BCUT2D eigenvalue weighted by Crippen LogP contribution is -2.41. The van der Waals surface area contributed by atoms with Crippen LogP contribution in [0.5, 0.6) is 0 Å². The third-order valence-electron chi connectivity index (χ3n) is 3.16. The molecule has 1 amide bonds. The van der Waals surface area contributed by atoms with E-state index in [1.165, 1.54) is 0 Å². The van der Waals surface area contributed by atoms with Gasteiger partial charge in [0.2, 0.25) is 0 Å². The van der Waals surface area contributed by atoms with Gasteiger partial charge in [0, 0.05) is 18.0 Å². The number of hydrogen-bond acceptors (Lipinski definition) is 2. The Morgan fingerprint density at radius 1 is 1.44 bits per heavy atom. The molecule has 0 heterocycles. The second-order valence-electron chi connectivity index (χ2n) is 4.93. The van der Waals surface area contributed by atoms with Crippen LogP contribution in [-0.2, 0) is 4.79 Å². The Morgan fingerprint density at radius 3 is 2.72 bits per heavy atom. The van der Waals surface area contributed by atoms with Crippen molar-refractivity contribution in [2.45, 2.75) is 25.4 Å². The Balaban J connectivity index is 1.84. The molecule has 1 aromatic rings. The van der Waals surface area contributed by atoms with Gasteiger partial charge in [-0.2, -0.15) is 0 Å². The van der Waals surface area contributed by atoms with E-state index in [1.807, 2.05) is 30.3 Å². The van der Waals surface area contributed by atoms with Crippen LogP contribution in [0.4, 0.5) is 0 Å². The maximum Gasteiger partial charge on any atom is 0.296 e. The highest BCUT2D eigenvalue weighted by Crippen LogP contribution is 2.38. The predicted octanol–water partition coefficient (Wildman–Crippen LogP) is 1.32. The van der Waals surface area contributed by atoms with Gasteiger partial charge in [0.1, 0.15) is 0 Å². The minimum absolute atomic E-state index is 0.264. The van der Waals surface area contributed by atoms with Gasteiger partial charge in [-0.05, 0) is 37.8 Å². The molecule has 0 aliphatic heterocycles. The van der Waals surface area contributed by atoms with Crippen molar-refractivity contribution in [3.05, 3.63) is 35.9 Å². The molecule has 94 valence electrons. The van der Waals surface area contributed by atoms with Gasteiger partial charge < -0.3 is 10.4 Å². The standard InChI is InChI=1S/C15H17NO2/c1-15(18,13-8-9-13)11-16-14(17)10-7-12-5-3-2-4-6-12/h2-6,13,18H,8-9,11H2,1H3,(H,16,17). The molecule has 2 N–H and O–H groups in total. The van der Waals surface area contributed by atoms with Crippen LogP contribution in [0, 0.1) is 17.8 Å². The third kappa shape index (κ3) is 3.61. The average molecular weight is 243 g/mol. The zero-order valence-electron chi connectivity index (χ0n) is 10.4. The highest BCUT2D eigenvalue weighted by Gasteiger charge is 2.39. The Hall–Kier alpha value is -1.79. The van der Waals surface area contributed by atoms with Gasteiger partial charge in [0.15, 0.2) is 0 Å². The third-order valence-corrected chi connectivity index (χ3v) is 3.16. The van der Waals surface area contributed by atoms with Gasteiger partial charge in [0.25, 0.3) is 5.91 Å². The van der Waals surface area contributed by atoms with E-state index in [0.717, 1.165) is 18.4 Å². The lowest BCUT2D eigenvalue weighted by Gasteiger charge is -2.22. The van der Waals surface area contributed by atoms with Crippen LogP contribution in [0.1, 0.15) is 25.3 Å². The van der Waals surface area contributed by atoms with Gasteiger partial charge >= 0.3 is 0 Å². The van der Waals surface area contributed by atoms with Gasteiger partial charge in [-0.15, -0.1) is 0 Å². The average Bonchev–Trinajstić information content (AvgIpc) is 3.20. The van der Waals surface area contributed by atoms with Crippen LogP contribution in [0.25, 0.3) is 0 Å². The molecule has 1 atom stereocenters. The normalized spacial score (nSPS) is 17.2. The summed E-state index contributed by atoms with van der Waals surface area (Å²) in [4.78, 5) is 11.5. The van der Waals surface area contributed by atoms with Crippen molar-refractivity contribution in [1.82, 2.24) is 5.32 Å². The van der Waals surface area contributed by atoms with Crippen LogP contribution in [0.2, 0.25) is 0 Å². The molecular weight excluding hydrogens is 226 g/mol. The van der Waals surface area contributed by atoms with Crippen LogP contribution in [0.3, 0.4) is 0 Å². The first-order valence-electron chi connectivity index (χ1n) is 6.15. The van der Waals surface area contributed by atoms with Crippen molar-refractivity contribution < 1.29 is 9.90 Å². The van der Waals surface area contributed by atoms with Crippen LogP contribution < -0.4 is 5.32 Å². The molecule has 0 aromatic heterocycles. The van der Waals surface area contributed by atoms with Gasteiger partial charge in [-0.3, -0.25) is 4.79 Å². The fraction of sp³-hybridized carbons (Fsp3) is 0.400. The van der Waals surface area contributed by atoms with Crippen molar-refractivity contribution in [3.63, 3.8) is 0 Å². The molecule has 1 fully saturated rings. The van der Waals surface area contributed by atoms with E-state index >= 15 is 0 Å². The first-order chi connectivity index (χ1) is 8.58. The van der Waals surface area contributed by atoms with E-state index in [9.17, 15) is 9.90 Å². The summed E-state index contributed by atoms with van der Waals surface area (Å²) in [6.07, 6.45) is 2.08. The fourth-order valence-electron chi connectivity index (χ4n) is 1.80. The summed E-state index contributed by atoms with van der Waals surface area (Å²) in [6.45, 7) is 2.02. The lowest BCUT2D eigenvalue weighted by molar-refractivity contribution is -0.117. The van der Waals surface area contributed by atoms with Crippen molar-refractivity contribution in [3.8, 4) is 11.8 Å². The number of carbonyl (C=O) groups excluding carboxylic acids is 1. The zero-order valence-corrected chi connectivity index (χ0v) is 10.4. The minimum Gasteiger partial charge on any atom is -0.388 e. The molecule has 1 aliphatic carbocycles. The van der Waals surface area contributed by atoms with Gasteiger partial charge in [0.05, 0.1) is 5.60 Å². The van der Waals surface area contributed by atoms with E-state index in [-0.39, 0.29) is 12.5 Å². The Labute approximate surface area is 107 Å². The summed E-state index contributed by atoms with van der Waals surface area (Å²) in [5.41, 5.74) is 0.00554. The summed E-state index contributed by atoms with van der Waals surface area (Å²) in [5, 5.41) is 12.7. The molecule has 2 rings (SSSR count). The molecule has 0 saturated heterocycles. The molecule has 0 spiro atoms. The second kappa shape index (κ2) is 5.24. The summed E-state index contributed by atoms with van der Waals surface area (Å²) in [6, 6.07) is 9.35. The number of carbonyl (C=O) groups is 1. The molecule has 1 aliphatic rings. The summed E-state index contributed by atoms with van der Waals surface area (Å²) < 4.78 is 0. The zero-order chi connectivity index (χ0) is 13.0. The number of amides is 1. The molecule has 18 heavy (non-hydrogen) atoms. The molecule has 1 unspecified atom stereocenters. The number of nitrogens with one attached hydrogen (secondary N) is 1. The summed E-state index contributed by atoms with van der Waals surface area (Å²) in [5.74, 6) is 5.27. The fourth-order valence-corrected chi connectivity index (χ4v) is 1.80. The number of rotatable bonds is 3. The number of hydrogen-bond donors (Lipinski definition) is 2. The number of benzene rings is 1. The van der Waals surface area contributed by atoms with Crippen molar-refractivity contribution in [2.75, 3.05) is 6.54 Å². The van der Waals surface area contributed by atoms with Crippen LogP contribution >= 0.6 is 0 Å². The van der Waals surface area contributed by atoms with E-state index in [1.54, 1.807) is 6.92 Å².